The Morgan fingerprint density at radius 3 is 2.15 bits per heavy atom. The zero-order chi connectivity index (χ0) is 23.0. The molecule has 0 amide bonds. The summed E-state index contributed by atoms with van der Waals surface area (Å²) < 4.78 is 27.8. The molecule has 1 aliphatic heterocycles. The van der Waals surface area contributed by atoms with Crippen LogP contribution < -0.4 is 5.19 Å². The molecule has 4 rings (SSSR count). The molecule has 0 saturated carbocycles. The van der Waals surface area contributed by atoms with Crippen LogP contribution in [-0.4, -0.2) is 8.80 Å². The minimum absolute atomic E-state index is 0.158. The summed E-state index contributed by atoms with van der Waals surface area (Å²) in [6.07, 6.45) is 9.71. The zero-order valence-electron chi connectivity index (χ0n) is 19.8. The highest BCUT2D eigenvalue weighted by Crippen LogP contribution is 2.30. The Labute approximate surface area is 199 Å². The molecule has 1 saturated heterocycles. The standard InChI is InChI=1S/C30H36F2Si/c1-2-3-4-5-23-18-20-33(21-19-23)29-16-12-25(13-17-29)27-11-10-26(30(32)22-27)9-6-24-7-14-28(31)15-8-24/h7-8,10-17,22-23,33H,2-6,9,18-21H2,1H3/t23-,33-. The third kappa shape index (κ3) is 6.63. The fourth-order valence-corrected chi connectivity index (χ4v) is 8.71. The third-order valence-corrected chi connectivity index (χ3v) is 10.8. The van der Waals surface area contributed by atoms with Gasteiger partial charge in [-0.1, -0.05) is 111 Å². The van der Waals surface area contributed by atoms with Gasteiger partial charge < -0.3 is 0 Å². The predicted molar refractivity (Wildman–Crippen MR) is 139 cm³/mol. The van der Waals surface area contributed by atoms with E-state index in [0.717, 1.165) is 22.6 Å². The van der Waals surface area contributed by atoms with Crippen LogP contribution in [0.3, 0.4) is 0 Å². The Morgan fingerprint density at radius 2 is 1.48 bits per heavy atom. The monoisotopic (exact) mass is 462 g/mol. The maximum absolute atomic E-state index is 14.8. The summed E-state index contributed by atoms with van der Waals surface area (Å²) in [7, 11) is -0.837. The molecule has 0 atom stereocenters. The van der Waals surface area contributed by atoms with Crippen LogP contribution in [0.4, 0.5) is 8.78 Å². The largest absolute Gasteiger partial charge is 0.207 e. The molecule has 0 unspecified atom stereocenters. The summed E-state index contributed by atoms with van der Waals surface area (Å²) in [5.74, 6) is 0.566. The van der Waals surface area contributed by atoms with E-state index < -0.39 is 8.80 Å². The van der Waals surface area contributed by atoms with E-state index in [1.54, 1.807) is 23.4 Å². The molecular weight excluding hydrogens is 426 g/mol. The maximum atomic E-state index is 14.8. The van der Waals surface area contributed by atoms with Crippen LogP contribution in [0.2, 0.25) is 12.1 Å². The third-order valence-electron chi connectivity index (χ3n) is 7.43. The summed E-state index contributed by atoms with van der Waals surface area (Å²) in [6, 6.07) is 23.9. The smallest absolute Gasteiger partial charge is 0.127 e. The van der Waals surface area contributed by atoms with Gasteiger partial charge in [0.25, 0.3) is 0 Å². The molecule has 174 valence electrons. The predicted octanol–water partition coefficient (Wildman–Crippen LogP) is 7.84. The minimum atomic E-state index is -0.837. The lowest BCUT2D eigenvalue weighted by atomic mass is 9.96. The molecule has 0 N–H and O–H groups in total. The van der Waals surface area contributed by atoms with Crippen molar-refractivity contribution in [2.45, 2.75) is 70.4 Å². The van der Waals surface area contributed by atoms with Gasteiger partial charge in [-0.2, -0.15) is 0 Å². The van der Waals surface area contributed by atoms with E-state index in [0.29, 0.717) is 18.4 Å². The van der Waals surface area contributed by atoms with Crippen molar-refractivity contribution in [1.82, 2.24) is 0 Å². The van der Waals surface area contributed by atoms with Crippen molar-refractivity contribution in [3.05, 3.63) is 89.5 Å². The number of unbranched alkanes of at least 4 members (excludes halogenated alkanes) is 2. The molecular formula is C30H36F2Si. The van der Waals surface area contributed by atoms with Crippen molar-refractivity contribution in [3.63, 3.8) is 0 Å². The quantitative estimate of drug-likeness (QED) is 0.224. The van der Waals surface area contributed by atoms with Gasteiger partial charge in [0.2, 0.25) is 0 Å². The van der Waals surface area contributed by atoms with Gasteiger partial charge in [-0.05, 0) is 59.2 Å². The lowest BCUT2D eigenvalue weighted by molar-refractivity contribution is 0.418. The zero-order valence-corrected chi connectivity index (χ0v) is 21.0. The lowest BCUT2D eigenvalue weighted by Gasteiger charge is -2.28. The molecule has 1 aliphatic rings. The van der Waals surface area contributed by atoms with E-state index in [2.05, 4.69) is 31.2 Å². The Balaban J connectivity index is 1.33. The first-order valence-corrected chi connectivity index (χ1v) is 15.0. The average molecular weight is 463 g/mol. The molecule has 0 aromatic heterocycles. The normalized spacial score (nSPS) is 18.4. The van der Waals surface area contributed by atoms with Gasteiger partial charge in [0, 0.05) is 0 Å². The maximum Gasteiger partial charge on any atom is 0.127 e. The molecule has 33 heavy (non-hydrogen) atoms. The minimum Gasteiger partial charge on any atom is -0.207 e. The van der Waals surface area contributed by atoms with Crippen LogP contribution in [0.5, 0.6) is 0 Å². The number of hydrogen-bond acceptors (Lipinski definition) is 0. The Kier molecular flexibility index (Phi) is 8.50. The number of aryl methyl sites for hydroxylation is 2. The SMILES string of the molecule is CCCCC[C@H]1CC[Si@H](c2ccc(-c3ccc(CCc4ccc(F)cc4)c(F)c3)cc2)CC1. The van der Waals surface area contributed by atoms with Crippen molar-refractivity contribution in [2.24, 2.45) is 5.92 Å². The number of halogens is 2. The van der Waals surface area contributed by atoms with E-state index in [-0.39, 0.29) is 11.6 Å². The molecule has 3 aromatic rings. The van der Waals surface area contributed by atoms with Gasteiger partial charge in [-0.15, -0.1) is 0 Å². The number of benzene rings is 3. The average Bonchev–Trinajstić information content (AvgIpc) is 2.85. The first kappa shape index (κ1) is 23.9. The van der Waals surface area contributed by atoms with Crippen molar-refractivity contribution in [2.75, 3.05) is 0 Å². The summed E-state index contributed by atoms with van der Waals surface area (Å²) in [5.41, 5.74) is 3.76. The van der Waals surface area contributed by atoms with Gasteiger partial charge >= 0.3 is 0 Å². The molecule has 0 radical (unpaired) electrons. The highest BCUT2D eigenvalue weighted by atomic mass is 28.3. The van der Waals surface area contributed by atoms with Crippen LogP contribution in [-0.2, 0) is 12.8 Å². The van der Waals surface area contributed by atoms with E-state index in [4.69, 9.17) is 0 Å². The molecule has 0 nitrogen and oxygen atoms in total. The number of hydrogen-bond donors (Lipinski definition) is 0. The van der Waals surface area contributed by atoms with Gasteiger partial charge in [0.15, 0.2) is 0 Å². The summed E-state index contributed by atoms with van der Waals surface area (Å²) in [4.78, 5) is 0. The molecule has 3 heteroatoms. The van der Waals surface area contributed by atoms with E-state index in [9.17, 15) is 8.78 Å². The fourth-order valence-electron chi connectivity index (χ4n) is 5.27. The van der Waals surface area contributed by atoms with Crippen molar-refractivity contribution in [1.29, 1.82) is 0 Å². The second-order valence-corrected chi connectivity index (χ2v) is 13.0. The van der Waals surface area contributed by atoms with Crippen LogP contribution >= 0.6 is 0 Å². The van der Waals surface area contributed by atoms with Crippen LogP contribution in [0, 0.1) is 17.6 Å². The first-order chi connectivity index (χ1) is 16.1. The molecule has 1 heterocycles. The second-order valence-electron chi connectivity index (χ2n) is 9.77. The van der Waals surface area contributed by atoms with Crippen molar-refractivity contribution >= 4 is 14.0 Å². The Morgan fingerprint density at radius 1 is 0.788 bits per heavy atom. The number of rotatable bonds is 9. The van der Waals surface area contributed by atoms with Crippen LogP contribution in [0.25, 0.3) is 11.1 Å². The Bertz CT molecular complexity index is 1000. The van der Waals surface area contributed by atoms with Gasteiger partial charge in [-0.25, -0.2) is 8.78 Å². The summed E-state index contributed by atoms with van der Waals surface area (Å²) >= 11 is 0. The summed E-state index contributed by atoms with van der Waals surface area (Å²) in [6.45, 7) is 2.28. The molecule has 0 aliphatic carbocycles. The van der Waals surface area contributed by atoms with Gasteiger partial charge in [0.05, 0.1) is 8.80 Å². The Hall–Kier alpha value is -2.26. The van der Waals surface area contributed by atoms with E-state index in [1.807, 2.05) is 12.1 Å². The highest BCUT2D eigenvalue weighted by molar-refractivity contribution is 6.73. The topological polar surface area (TPSA) is 0 Å². The van der Waals surface area contributed by atoms with Gasteiger partial charge in [0.1, 0.15) is 11.6 Å². The first-order valence-electron chi connectivity index (χ1n) is 12.8. The molecule has 1 fully saturated rings. The lowest BCUT2D eigenvalue weighted by Crippen LogP contribution is -2.33. The summed E-state index contributed by atoms with van der Waals surface area (Å²) in [5, 5.41) is 1.57. The van der Waals surface area contributed by atoms with Gasteiger partial charge in [-0.3, -0.25) is 0 Å². The molecule has 3 aromatic carbocycles. The highest BCUT2D eigenvalue weighted by Gasteiger charge is 2.23. The van der Waals surface area contributed by atoms with E-state index >= 15 is 0 Å². The van der Waals surface area contributed by atoms with Crippen molar-refractivity contribution in [3.8, 4) is 11.1 Å². The van der Waals surface area contributed by atoms with Crippen molar-refractivity contribution < 1.29 is 8.78 Å². The fraction of sp³-hybridized carbons (Fsp3) is 0.400. The van der Waals surface area contributed by atoms with Crippen LogP contribution in [0.1, 0.15) is 56.6 Å². The van der Waals surface area contributed by atoms with Crippen LogP contribution in [0.15, 0.2) is 66.7 Å². The molecule has 0 bridgehead atoms. The second kappa shape index (κ2) is 11.7. The van der Waals surface area contributed by atoms with E-state index in [1.165, 1.54) is 62.7 Å². The molecule has 0 spiro atoms.